The number of carbonyl (C=O) groups excluding carboxylic acids is 6. The smallest absolute Gasteiger partial charge is 0.408 e. The number of rotatable bonds is 13. The Labute approximate surface area is 210 Å². The lowest BCUT2D eigenvalue weighted by atomic mass is 10.1. The first-order valence-corrected chi connectivity index (χ1v) is 12.0. The Hall–Kier alpha value is -3.70. The van der Waals surface area contributed by atoms with Crippen molar-refractivity contribution >= 4 is 35.6 Å². The van der Waals surface area contributed by atoms with Crippen LogP contribution < -0.4 is 16.0 Å². The molecule has 36 heavy (non-hydrogen) atoms. The summed E-state index contributed by atoms with van der Waals surface area (Å²) in [5.41, 5.74) is -0.758. The summed E-state index contributed by atoms with van der Waals surface area (Å²) >= 11 is 0. The quantitative estimate of drug-likeness (QED) is 0.235. The van der Waals surface area contributed by atoms with E-state index in [9.17, 15) is 28.8 Å². The summed E-state index contributed by atoms with van der Waals surface area (Å²) in [6.45, 7) is 6.86. The van der Waals surface area contributed by atoms with Gasteiger partial charge in [-0.25, -0.2) is 4.79 Å². The first kappa shape index (κ1) is 28.5. The van der Waals surface area contributed by atoms with E-state index in [2.05, 4.69) is 16.0 Å². The van der Waals surface area contributed by atoms with Gasteiger partial charge in [0.05, 0.1) is 0 Å². The molecule has 1 atom stereocenters. The van der Waals surface area contributed by atoms with Crippen LogP contribution in [-0.2, 0) is 28.7 Å². The van der Waals surface area contributed by atoms with Gasteiger partial charge in [-0.2, -0.15) is 0 Å². The maximum absolute atomic E-state index is 12.7. The molecule has 6 amide bonds. The lowest BCUT2D eigenvalue weighted by Gasteiger charge is -2.23. The summed E-state index contributed by atoms with van der Waals surface area (Å²) in [6.07, 6.45) is 5.84. The average molecular weight is 506 g/mol. The molecule has 12 nitrogen and oxygen atoms in total. The number of imide groups is 1. The van der Waals surface area contributed by atoms with Gasteiger partial charge in [0.15, 0.2) is 0 Å². The fraction of sp³-hybridized carbons (Fsp3) is 0.583. The summed E-state index contributed by atoms with van der Waals surface area (Å²) in [5, 5.41) is 7.93. The third-order valence-electron chi connectivity index (χ3n) is 5.25. The molecule has 0 aliphatic carbocycles. The third kappa shape index (κ3) is 9.88. The Morgan fingerprint density at radius 3 is 2.19 bits per heavy atom. The van der Waals surface area contributed by atoms with Gasteiger partial charge in [-0.3, -0.25) is 28.9 Å². The maximum atomic E-state index is 12.7. The number of ether oxygens (including phenoxy) is 1. The first-order valence-electron chi connectivity index (χ1n) is 12.0. The normalized spacial score (nSPS) is 15.9. The molecule has 0 radical (unpaired) electrons. The Bertz CT molecular complexity index is 904. The zero-order chi connectivity index (χ0) is 26.7. The molecule has 198 valence electrons. The first-order chi connectivity index (χ1) is 17.0. The van der Waals surface area contributed by atoms with Crippen LogP contribution in [0.25, 0.3) is 0 Å². The fourth-order valence-corrected chi connectivity index (χ4v) is 3.48. The molecule has 2 heterocycles. The SMILES string of the molecule is CC(C)(C)OC(=O)N[C@@H](CCC(=O)NCCCN1C(=O)C=CC1=O)C(=O)NCCCN1CC=CC1=O. The highest BCUT2D eigenvalue weighted by Crippen LogP contribution is 2.08. The number of nitrogens with zero attached hydrogens (tertiary/aromatic N) is 2. The molecule has 0 aromatic carbocycles. The largest absolute Gasteiger partial charge is 0.444 e. The standard InChI is InChI=1S/C24H35N5O7/c1-24(2,3)36-23(35)27-17(22(34)26-13-5-15-28-14-4-7-19(28)31)8-9-18(30)25-12-6-16-29-20(32)10-11-21(29)33/h4,7,10-11,17H,5-6,8-9,12-16H2,1-3H3,(H,25,30)(H,26,34)(H,27,35)/t17-/m0/s1. The summed E-state index contributed by atoms with van der Waals surface area (Å²) < 4.78 is 5.23. The van der Waals surface area contributed by atoms with E-state index in [1.54, 1.807) is 31.7 Å². The Morgan fingerprint density at radius 1 is 0.944 bits per heavy atom. The Kier molecular flexibility index (Phi) is 10.6. The maximum Gasteiger partial charge on any atom is 0.408 e. The van der Waals surface area contributed by atoms with Gasteiger partial charge < -0.3 is 25.6 Å². The molecule has 3 N–H and O–H groups in total. The van der Waals surface area contributed by atoms with Crippen molar-refractivity contribution < 1.29 is 33.5 Å². The average Bonchev–Trinajstić information content (AvgIpc) is 3.34. The zero-order valence-corrected chi connectivity index (χ0v) is 21.0. The number of nitrogens with one attached hydrogen (secondary N) is 3. The fourth-order valence-electron chi connectivity index (χ4n) is 3.48. The van der Waals surface area contributed by atoms with E-state index in [1.165, 1.54) is 18.2 Å². The number of amides is 6. The van der Waals surface area contributed by atoms with Crippen LogP contribution in [0.5, 0.6) is 0 Å². The number of hydrogen-bond donors (Lipinski definition) is 3. The Balaban J connectivity index is 1.76. The van der Waals surface area contributed by atoms with E-state index in [0.29, 0.717) is 32.5 Å². The van der Waals surface area contributed by atoms with Crippen LogP contribution in [0.15, 0.2) is 24.3 Å². The number of hydrogen-bond acceptors (Lipinski definition) is 7. The molecule has 0 unspecified atom stereocenters. The molecule has 0 spiro atoms. The van der Waals surface area contributed by atoms with E-state index in [4.69, 9.17) is 4.74 Å². The van der Waals surface area contributed by atoms with Gasteiger partial charge in [0, 0.05) is 57.4 Å². The molecule has 2 aliphatic heterocycles. The van der Waals surface area contributed by atoms with E-state index >= 15 is 0 Å². The van der Waals surface area contributed by atoms with Gasteiger partial charge in [0.1, 0.15) is 11.6 Å². The molecule has 0 fully saturated rings. The van der Waals surface area contributed by atoms with E-state index < -0.39 is 23.6 Å². The van der Waals surface area contributed by atoms with Crippen LogP contribution >= 0.6 is 0 Å². The minimum absolute atomic E-state index is 0.0367. The van der Waals surface area contributed by atoms with Crippen LogP contribution in [-0.4, -0.2) is 89.8 Å². The molecule has 0 saturated heterocycles. The number of alkyl carbamates (subject to hydrolysis) is 1. The second-order valence-corrected chi connectivity index (χ2v) is 9.43. The van der Waals surface area contributed by atoms with Crippen molar-refractivity contribution in [2.24, 2.45) is 0 Å². The van der Waals surface area contributed by atoms with Crippen molar-refractivity contribution in [3.63, 3.8) is 0 Å². The van der Waals surface area contributed by atoms with Crippen LogP contribution in [0.1, 0.15) is 46.5 Å². The van der Waals surface area contributed by atoms with Crippen molar-refractivity contribution in [1.82, 2.24) is 25.8 Å². The van der Waals surface area contributed by atoms with Gasteiger partial charge >= 0.3 is 6.09 Å². The molecule has 2 aliphatic rings. The molecule has 2 rings (SSSR count). The highest BCUT2D eigenvalue weighted by Gasteiger charge is 2.25. The van der Waals surface area contributed by atoms with Crippen LogP contribution in [0, 0.1) is 0 Å². The second kappa shape index (κ2) is 13.4. The van der Waals surface area contributed by atoms with Crippen molar-refractivity contribution in [2.75, 3.05) is 32.7 Å². The predicted molar refractivity (Wildman–Crippen MR) is 129 cm³/mol. The molecule has 0 aromatic rings. The Morgan fingerprint density at radius 2 is 1.58 bits per heavy atom. The van der Waals surface area contributed by atoms with E-state index in [0.717, 1.165) is 4.90 Å². The van der Waals surface area contributed by atoms with Crippen LogP contribution in [0.2, 0.25) is 0 Å². The minimum atomic E-state index is -0.994. The van der Waals surface area contributed by atoms with E-state index in [-0.39, 0.29) is 49.6 Å². The summed E-state index contributed by atoms with van der Waals surface area (Å²) in [4.78, 5) is 74.6. The molecule has 0 saturated carbocycles. The van der Waals surface area contributed by atoms with Crippen molar-refractivity contribution in [2.45, 2.75) is 58.1 Å². The molecule has 0 aromatic heterocycles. The number of carbonyl (C=O) groups is 6. The van der Waals surface area contributed by atoms with Crippen molar-refractivity contribution in [3.8, 4) is 0 Å². The molecule has 0 bridgehead atoms. The van der Waals surface area contributed by atoms with Crippen LogP contribution in [0.4, 0.5) is 4.79 Å². The predicted octanol–water partition coefficient (Wildman–Crippen LogP) is -0.00410. The minimum Gasteiger partial charge on any atom is -0.444 e. The lowest BCUT2D eigenvalue weighted by Crippen LogP contribution is -2.49. The van der Waals surface area contributed by atoms with Crippen LogP contribution in [0.3, 0.4) is 0 Å². The van der Waals surface area contributed by atoms with Crippen molar-refractivity contribution in [3.05, 3.63) is 24.3 Å². The summed E-state index contributed by atoms with van der Waals surface area (Å²) in [5.74, 6) is -1.62. The monoisotopic (exact) mass is 505 g/mol. The highest BCUT2D eigenvalue weighted by atomic mass is 16.6. The lowest BCUT2D eigenvalue weighted by molar-refractivity contribution is -0.136. The van der Waals surface area contributed by atoms with Gasteiger partial charge in [-0.15, -0.1) is 0 Å². The third-order valence-corrected chi connectivity index (χ3v) is 5.25. The summed E-state index contributed by atoms with van der Waals surface area (Å²) in [6, 6.07) is -0.994. The molecular formula is C24H35N5O7. The molecular weight excluding hydrogens is 470 g/mol. The summed E-state index contributed by atoms with van der Waals surface area (Å²) in [7, 11) is 0. The second-order valence-electron chi connectivity index (χ2n) is 9.43. The van der Waals surface area contributed by atoms with Gasteiger partial charge in [0.2, 0.25) is 17.7 Å². The topological polar surface area (TPSA) is 154 Å². The van der Waals surface area contributed by atoms with Gasteiger partial charge in [-0.05, 0) is 40.0 Å². The van der Waals surface area contributed by atoms with Crippen molar-refractivity contribution in [1.29, 1.82) is 0 Å². The molecule has 12 heteroatoms. The van der Waals surface area contributed by atoms with Gasteiger partial charge in [-0.1, -0.05) is 6.08 Å². The van der Waals surface area contributed by atoms with Gasteiger partial charge in [0.25, 0.3) is 11.8 Å². The zero-order valence-electron chi connectivity index (χ0n) is 21.0. The highest BCUT2D eigenvalue weighted by molar-refractivity contribution is 6.12. The van der Waals surface area contributed by atoms with E-state index in [1.807, 2.05) is 0 Å².